The third-order valence-corrected chi connectivity index (χ3v) is 5.97. The number of hydrogen-bond donors (Lipinski definition) is 1. The molecule has 0 spiro atoms. The maximum Gasteiger partial charge on any atom is 0.272 e. The van der Waals surface area contributed by atoms with E-state index in [2.05, 4.69) is 10.3 Å². The van der Waals surface area contributed by atoms with Gasteiger partial charge in [-0.2, -0.15) is 0 Å². The van der Waals surface area contributed by atoms with Crippen LogP contribution in [0.25, 0.3) is 5.57 Å². The number of carbonyl (C=O) groups excluding carboxylic acids is 1. The van der Waals surface area contributed by atoms with E-state index in [1.165, 1.54) is 16.9 Å². The fourth-order valence-electron chi connectivity index (χ4n) is 3.42. The quantitative estimate of drug-likeness (QED) is 0.699. The first kappa shape index (κ1) is 16.0. The molecule has 0 radical (unpaired) electrons. The average molecular weight is 376 g/mol. The summed E-state index contributed by atoms with van der Waals surface area (Å²) in [7, 11) is 0. The standard InChI is InChI=1S/C20H16N4O2S/c1-12-6-8-13(9-7-12)23-10-21-20-24(11-23)19(26)17(27-20)16-14-4-2-3-5-15(14)22-18(16)25/h2-9H,10-11H2,1H3,(H,22,25). The Kier molecular flexibility index (Phi) is 3.51. The molecule has 2 aliphatic rings. The van der Waals surface area contributed by atoms with Crippen LogP contribution in [0.1, 0.15) is 11.1 Å². The van der Waals surface area contributed by atoms with Crippen LogP contribution in [0, 0.1) is 6.92 Å². The van der Waals surface area contributed by atoms with Crippen LogP contribution in [0.15, 0.2) is 58.3 Å². The van der Waals surface area contributed by atoms with E-state index >= 15 is 0 Å². The number of aryl methyl sites for hydroxylation is 1. The van der Waals surface area contributed by atoms with Crippen molar-refractivity contribution < 1.29 is 4.79 Å². The maximum atomic E-state index is 13.1. The highest BCUT2D eigenvalue weighted by molar-refractivity contribution is 7.07. The monoisotopic (exact) mass is 376 g/mol. The molecule has 3 heterocycles. The Balaban J connectivity index is 1.64. The van der Waals surface area contributed by atoms with Crippen molar-refractivity contribution in [1.29, 1.82) is 0 Å². The highest BCUT2D eigenvalue weighted by Crippen LogP contribution is 2.29. The van der Waals surface area contributed by atoms with Gasteiger partial charge in [0.2, 0.25) is 0 Å². The maximum absolute atomic E-state index is 13.1. The summed E-state index contributed by atoms with van der Waals surface area (Å²) in [4.78, 5) is 32.8. The Morgan fingerprint density at radius 2 is 1.85 bits per heavy atom. The predicted octanol–water partition coefficient (Wildman–Crippen LogP) is 1.42. The first-order chi connectivity index (χ1) is 13.1. The molecule has 0 fully saturated rings. The van der Waals surface area contributed by atoms with Crippen LogP contribution >= 0.6 is 11.3 Å². The molecule has 0 aliphatic carbocycles. The molecule has 0 bridgehead atoms. The van der Waals surface area contributed by atoms with E-state index in [0.717, 1.165) is 16.9 Å². The fourth-order valence-corrected chi connectivity index (χ4v) is 4.48. The summed E-state index contributed by atoms with van der Waals surface area (Å²) in [5.41, 5.74) is 4.00. The normalized spacial score (nSPS) is 17.2. The minimum atomic E-state index is -0.233. The van der Waals surface area contributed by atoms with Gasteiger partial charge in [0, 0.05) is 16.9 Å². The zero-order valence-electron chi connectivity index (χ0n) is 14.6. The van der Waals surface area contributed by atoms with E-state index in [0.29, 0.717) is 28.2 Å². The van der Waals surface area contributed by atoms with Crippen molar-refractivity contribution in [2.24, 2.45) is 4.99 Å². The molecule has 0 atom stereocenters. The zero-order valence-corrected chi connectivity index (χ0v) is 15.4. The minimum absolute atomic E-state index is 0.169. The van der Waals surface area contributed by atoms with Crippen molar-refractivity contribution in [2.45, 2.75) is 13.6 Å². The second-order valence-corrected chi connectivity index (χ2v) is 7.62. The molecule has 1 N–H and O–H groups in total. The summed E-state index contributed by atoms with van der Waals surface area (Å²) in [6, 6.07) is 15.6. The summed E-state index contributed by atoms with van der Waals surface area (Å²) in [5, 5.41) is 2.83. The van der Waals surface area contributed by atoms with Crippen LogP contribution in [-0.2, 0) is 11.5 Å². The van der Waals surface area contributed by atoms with Crippen molar-refractivity contribution >= 4 is 34.2 Å². The van der Waals surface area contributed by atoms with Gasteiger partial charge in [0.05, 0.1) is 5.57 Å². The second kappa shape index (κ2) is 5.92. The van der Waals surface area contributed by atoms with Gasteiger partial charge in [0.1, 0.15) is 17.9 Å². The molecule has 134 valence electrons. The SMILES string of the molecule is Cc1ccc(N2CN=c3sc(=C4C(=O)Nc5ccccc54)c(=O)n3C2)cc1. The lowest BCUT2D eigenvalue weighted by Crippen LogP contribution is -2.43. The number of carbonyl (C=O) groups is 1. The Morgan fingerprint density at radius 1 is 1.07 bits per heavy atom. The molecule has 27 heavy (non-hydrogen) atoms. The van der Waals surface area contributed by atoms with Gasteiger partial charge in [-0.3, -0.25) is 14.2 Å². The average Bonchev–Trinajstić information content (AvgIpc) is 3.18. The van der Waals surface area contributed by atoms with Gasteiger partial charge >= 0.3 is 0 Å². The summed E-state index contributed by atoms with van der Waals surface area (Å²) in [6.07, 6.45) is 0. The number of para-hydroxylation sites is 1. The van der Waals surface area contributed by atoms with E-state index in [-0.39, 0.29) is 11.5 Å². The number of thiazole rings is 1. The lowest BCUT2D eigenvalue weighted by Gasteiger charge is -2.25. The van der Waals surface area contributed by atoms with Gasteiger partial charge in [0.15, 0.2) is 4.80 Å². The van der Waals surface area contributed by atoms with Crippen LogP contribution < -0.4 is 25.1 Å². The molecule has 0 saturated carbocycles. The van der Waals surface area contributed by atoms with E-state index in [1.807, 2.05) is 60.4 Å². The summed E-state index contributed by atoms with van der Waals surface area (Å²) < 4.78 is 2.09. The lowest BCUT2D eigenvalue weighted by molar-refractivity contribution is -0.110. The number of nitrogens with zero attached hydrogens (tertiary/aromatic N) is 3. The van der Waals surface area contributed by atoms with Crippen molar-refractivity contribution in [3.8, 4) is 0 Å². The fraction of sp³-hybridized carbons (Fsp3) is 0.150. The van der Waals surface area contributed by atoms with Crippen LogP contribution in [-0.4, -0.2) is 17.1 Å². The van der Waals surface area contributed by atoms with E-state index in [1.54, 1.807) is 4.57 Å². The largest absolute Gasteiger partial charge is 0.334 e. The lowest BCUT2D eigenvalue weighted by atomic mass is 10.1. The molecule has 2 aromatic carbocycles. The molecule has 3 aromatic rings. The van der Waals surface area contributed by atoms with E-state index < -0.39 is 0 Å². The summed E-state index contributed by atoms with van der Waals surface area (Å²) >= 11 is 1.29. The number of aromatic nitrogens is 1. The summed E-state index contributed by atoms with van der Waals surface area (Å²) in [6.45, 7) is 2.95. The molecule has 6 nitrogen and oxygen atoms in total. The molecule has 0 unspecified atom stereocenters. The Bertz CT molecular complexity index is 1250. The van der Waals surface area contributed by atoms with Crippen LogP contribution in [0.4, 0.5) is 11.4 Å². The first-order valence-corrected chi connectivity index (χ1v) is 9.44. The van der Waals surface area contributed by atoms with Crippen molar-refractivity contribution in [3.05, 3.63) is 79.3 Å². The third kappa shape index (κ3) is 2.50. The number of benzene rings is 2. The molecular formula is C20H16N4O2S. The van der Waals surface area contributed by atoms with Gasteiger partial charge < -0.3 is 10.2 Å². The van der Waals surface area contributed by atoms with E-state index in [4.69, 9.17) is 0 Å². The van der Waals surface area contributed by atoms with Gasteiger partial charge in [0.25, 0.3) is 11.5 Å². The number of nitrogens with one attached hydrogen (secondary N) is 1. The number of amides is 1. The van der Waals surface area contributed by atoms with E-state index in [9.17, 15) is 9.59 Å². The van der Waals surface area contributed by atoms with Crippen molar-refractivity contribution in [3.63, 3.8) is 0 Å². The van der Waals surface area contributed by atoms with Crippen LogP contribution in [0.2, 0.25) is 0 Å². The van der Waals surface area contributed by atoms with Gasteiger partial charge in [-0.05, 0) is 25.1 Å². The Hall–Kier alpha value is -3.19. The van der Waals surface area contributed by atoms with Gasteiger partial charge in [-0.25, -0.2) is 4.99 Å². The predicted molar refractivity (Wildman–Crippen MR) is 105 cm³/mol. The number of fused-ring (bicyclic) bond motifs is 2. The minimum Gasteiger partial charge on any atom is -0.334 e. The molecule has 5 rings (SSSR count). The van der Waals surface area contributed by atoms with Crippen molar-refractivity contribution in [2.75, 3.05) is 16.9 Å². The smallest absolute Gasteiger partial charge is 0.272 e. The number of anilines is 2. The Labute approximate surface area is 158 Å². The first-order valence-electron chi connectivity index (χ1n) is 8.62. The van der Waals surface area contributed by atoms with Gasteiger partial charge in [-0.1, -0.05) is 47.2 Å². The molecule has 1 amide bonds. The molecular weight excluding hydrogens is 360 g/mol. The number of hydrogen-bond acceptors (Lipinski definition) is 5. The highest BCUT2D eigenvalue weighted by atomic mass is 32.1. The van der Waals surface area contributed by atoms with Crippen molar-refractivity contribution in [1.82, 2.24) is 4.57 Å². The summed E-state index contributed by atoms with van der Waals surface area (Å²) in [5.74, 6) is -0.233. The zero-order chi connectivity index (χ0) is 18.5. The Morgan fingerprint density at radius 3 is 2.67 bits per heavy atom. The molecule has 2 aliphatic heterocycles. The van der Waals surface area contributed by atoms with Crippen LogP contribution in [0.3, 0.4) is 0 Å². The molecule has 0 saturated heterocycles. The highest BCUT2D eigenvalue weighted by Gasteiger charge is 2.27. The topological polar surface area (TPSA) is 66.7 Å². The molecule has 1 aromatic heterocycles. The van der Waals surface area contributed by atoms with Gasteiger partial charge in [-0.15, -0.1) is 0 Å². The third-order valence-electron chi connectivity index (χ3n) is 4.85. The second-order valence-electron chi connectivity index (χ2n) is 6.64. The van der Waals surface area contributed by atoms with Crippen LogP contribution in [0.5, 0.6) is 0 Å². The molecule has 7 heteroatoms. The number of rotatable bonds is 1.